The first kappa shape index (κ1) is 22.2. The van der Waals surface area contributed by atoms with Crippen LogP contribution in [0.25, 0.3) is 10.9 Å². The number of para-hydroxylation sites is 1. The van der Waals surface area contributed by atoms with Crippen molar-refractivity contribution >= 4 is 22.5 Å². The van der Waals surface area contributed by atoms with Crippen LogP contribution in [-0.2, 0) is 4.79 Å². The van der Waals surface area contributed by atoms with E-state index in [0.29, 0.717) is 19.1 Å². The van der Waals surface area contributed by atoms with E-state index in [2.05, 4.69) is 20.5 Å². The summed E-state index contributed by atoms with van der Waals surface area (Å²) in [6, 6.07) is 17.4. The van der Waals surface area contributed by atoms with Gasteiger partial charge in [0.2, 0.25) is 5.91 Å². The Balaban J connectivity index is 1.26. The first-order valence-corrected chi connectivity index (χ1v) is 11.0. The third-order valence-corrected chi connectivity index (χ3v) is 5.97. The summed E-state index contributed by atoms with van der Waals surface area (Å²) in [6.07, 6.45) is 3.02. The van der Waals surface area contributed by atoms with Gasteiger partial charge >= 0.3 is 0 Å². The normalized spacial score (nSPS) is 16.1. The summed E-state index contributed by atoms with van der Waals surface area (Å²) in [4.78, 5) is 18.8. The average Bonchev–Trinajstić information content (AvgIpc) is 2.83. The number of aliphatic hydroxyl groups is 1. The second-order valence-corrected chi connectivity index (χ2v) is 8.17. The van der Waals surface area contributed by atoms with Crippen LogP contribution in [0.4, 0.5) is 5.69 Å². The summed E-state index contributed by atoms with van der Waals surface area (Å²) in [5.74, 6) is 0.719. The fraction of sp³-hybridized carbons (Fsp3) is 0.360. The first-order valence-electron chi connectivity index (χ1n) is 11.0. The van der Waals surface area contributed by atoms with Crippen molar-refractivity contribution in [2.24, 2.45) is 0 Å². The molecule has 2 heterocycles. The predicted molar refractivity (Wildman–Crippen MR) is 126 cm³/mol. The topological polar surface area (TPSA) is 86.7 Å². The molecule has 1 amide bonds. The third-order valence-electron chi connectivity index (χ3n) is 5.97. The Labute approximate surface area is 188 Å². The molecule has 1 atom stereocenters. The van der Waals surface area contributed by atoms with Gasteiger partial charge in [-0.05, 0) is 67.9 Å². The van der Waals surface area contributed by atoms with E-state index in [-0.39, 0.29) is 5.91 Å². The van der Waals surface area contributed by atoms with Crippen molar-refractivity contribution in [3.63, 3.8) is 0 Å². The molecule has 0 unspecified atom stereocenters. The van der Waals surface area contributed by atoms with Crippen molar-refractivity contribution in [3.8, 4) is 5.75 Å². The molecule has 168 valence electrons. The van der Waals surface area contributed by atoms with Gasteiger partial charge in [-0.3, -0.25) is 9.78 Å². The van der Waals surface area contributed by atoms with Crippen molar-refractivity contribution < 1.29 is 14.6 Å². The van der Waals surface area contributed by atoms with Gasteiger partial charge in [-0.15, -0.1) is 0 Å². The zero-order chi connectivity index (χ0) is 22.3. The number of nitrogens with one attached hydrogen (secondary N) is 2. The molecule has 7 nitrogen and oxygen atoms in total. The smallest absolute Gasteiger partial charge is 0.238 e. The molecule has 2 aromatic carbocycles. The number of hydrogen-bond acceptors (Lipinski definition) is 6. The van der Waals surface area contributed by atoms with Gasteiger partial charge in [-0.1, -0.05) is 18.2 Å². The van der Waals surface area contributed by atoms with Gasteiger partial charge in [0.1, 0.15) is 5.75 Å². The summed E-state index contributed by atoms with van der Waals surface area (Å²) in [7, 11) is 1.64. The number of β-amino-alcohol motifs (C(OH)–C–C–N with tert-alkyl or cyclic N) is 1. The molecular weight excluding hydrogens is 404 g/mol. The largest absolute Gasteiger partial charge is 0.497 e. The molecule has 1 fully saturated rings. The van der Waals surface area contributed by atoms with Gasteiger partial charge in [-0.25, -0.2) is 0 Å². The van der Waals surface area contributed by atoms with Gasteiger partial charge in [-0.2, -0.15) is 0 Å². The van der Waals surface area contributed by atoms with Gasteiger partial charge in [0.15, 0.2) is 0 Å². The van der Waals surface area contributed by atoms with Gasteiger partial charge in [0.05, 0.1) is 25.3 Å². The lowest BCUT2D eigenvalue weighted by atomic mass is 10.0. The fourth-order valence-electron chi connectivity index (χ4n) is 4.19. The SMILES string of the molecule is COc1ccc2nccc([C@H](O)CN3CCC(NCC(=O)Nc4ccccc4)CC3)c2c1. The second-order valence-electron chi connectivity index (χ2n) is 8.17. The molecule has 0 aliphatic carbocycles. The molecular formula is C25H30N4O3. The summed E-state index contributed by atoms with van der Waals surface area (Å²) in [5.41, 5.74) is 2.52. The molecule has 0 saturated carbocycles. The minimum atomic E-state index is -0.603. The number of aromatic nitrogens is 1. The monoisotopic (exact) mass is 434 g/mol. The number of fused-ring (bicyclic) bond motifs is 1. The Morgan fingerprint density at radius 1 is 1.19 bits per heavy atom. The minimum Gasteiger partial charge on any atom is -0.497 e. The summed E-state index contributed by atoms with van der Waals surface area (Å²) >= 11 is 0. The van der Waals surface area contributed by atoms with Crippen LogP contribution in [0.3, 0.4) is 0 Å². The van der Waals surface area contributed by atoms with Crippen molar-refractivity contribution in [1.29, 1.82) is 0 Å². The number of aliphatic hydroxyl groups excluding tert-OH is 1. The van der Waals surface area contributed by atoms with Crippen LogP contribution in [0, 0.1) is 0 Å². The van der Waals surface area contributed by atoms with Gasteiger partial charge in [0.25, 0.3) is 0 Å². The molecule has 1 aromatic heterocycles. The molecule has 4 rings (SSSR count). The highest BCUT2D eigenvalue weighted by molar-refractivity contribution is 5.92. The number of benzene rings is 2. The van der Waals surface area contributed by atoms with E-state index in [1.165, 1.54) is 0 Å². The molecule has 1 aliphatic rings. The Hall–Kier alpha value is -3.00. The molecule has 0 radical (unpaired) electrons. The number of methoxy groups -OCH3 is 1. The molecule has 0 bridgehead atoms. The Morgan fingerprint density at radius 2 is 1.97 bits per heavy atom. The number of piperidine rings is 1. The second kappa shape index (κ2) is 10.5. The maximum Gasteiger partial charge on any atom is 0.238 e. The maximum atomic E-state index is 12.1. The van der Waals surface area contributed by atoms with Crippen LogP contribution in [0.1, 0.15) is 24.5 Å². The molecule has 0 spiro atoms. The van der Waals surface area contributed by atoms with E-state index in [0.717, 1.165) is 53.8 Å². The van der Waals surface area contributed by atoms with Crippen LogP contribution in [0.15, 0.2) is 60.8 Å². The molecule has 1 saturated heterocycles. The van der Waals surface area contributed by atoms with Gasteiger partial charge in [0, 0.05) is 29.9 Å². The number of carbonyl (C=O) groups excluding carboxylic acids is 1. The lowest BCUT2D eigenvalue weighted by molar-refractivity contribution is -0.115. The van der Waals surface area contributed by atoms with Crippen LogP contribution >= 0.6 is 0 Å². The predicted octanol–water partition coefficient (Wildman–Crippen LogP) is 2.97. The van der Waals surface area contributed by atoms with Crippen molar-refractivity contribution in [3.05, 3.63) is 66.4 Å². The van der Waals surface area contributed by atoms with E-state index in [1.54, 1.807) is 13.3 Å². The van der Waals surface area contributed by atoms with Crippen LogP contribution in [0.2, 0.25) is 0 Å². The van der Waals surface area contributed by atoms with Crippen molar-refractivity contribution in [2.75, 3.05) is 38.6 Å². The summed E-state index contributed by atoms with van der Waals surface area (Å²) in [6.45, 7) is 2.62. The molecule has 7 heteroatoms. The van der Waals surface area contributed by atoms with E-state index in [9.17, 15) is 9.90 Å². The van der Waals surface area contributed by atoms with Crippen LogP contribution in [0.5, 0.6) is 5.75 Å². The summed E-state index contributed by atoms with van der Waals surface area (Å²) in [5, 5.41) is 18.1. The minimum absolute atomic E-state index is 0.0333. The molecule has 1 aliphatic heterocycles. The molecule has 3 N–H and O–H groups in total. The van der Waals surface area contributed by atoms with Crippen LogP contribution < -0.4 is 15.4 Å². The fourth-order valence-corrected chi connectivity index (χ4v) is 4.19. The number of carbonyl (C=O) groups is 1. The maximum absolute atomic E-state index is 12.1. The first-order chi connectivity index (χ1) is 15.6. The lowest BCUT2D eigenvalue weighted by Crippen LogP contribution is -2.45. The van der Waals surface area contributed by atoms with E-state index < -0.39 is 6.10 Å². The zero-order valence-electron chi connectivity index (χ0n) is 18.3. The molecule has 32 heavy (non-hydrogen) atoms. The number of rotatable bonds is 8. The number of pyridine rings is 1. The zero-order valence-corrected chi connectivity index (χ0v) is 18.3. The van der Waals surface area contributed by atoms with Crippen molar-refractivity contribution in [1.82, 2.24) is 15.2 Å². The quantitative estimate of drug-likeness (QED) is 0.505. The molecule has 3 aromatic rings. The Kier molecular flexibility index (Phi) is 7.32. The van der Waals surface area contributed by atoms with E-state index >= 15 is 0 Å². The number of anilines is 1. The highest BCUT2D eigenvalue weighted by Gasteiger charge is 2.23. The standard InChI is InChI=1S/C25H30N4O3/c1-32-20-7-8-23-22(15-20)21(9-12-26-23)24(30)17-29-13-10-18(11-14-29)27-16-25(31)28-19-5-3-2-4-6-19/h2-9,12,15,18,24,27,30H,10-11,13-14,16-17H2,1H3,(H,28,31)/t24-/m1/s1. The Morgan fingerprint density at radius 3 is 2.72 bits per heavy atom. The highest BCUT2D eigenvalue weighted by Crippen LogP contribution is 2.27. The van der Waals surface area contributed by atoms with E-state index in [4.69, 9.17) is 4.74 Å². The van der Waals surface area contributed by atoms with E-state index in [1.807, 2.05) is 54.6 Å². The third kappa shape index (κ3) is 5.62. The number of nitrogens with zero attached hydrogens (tertiary/aromatic N) is 2. The summed E-state index contributed by atoms with van der Waals surface area (Å²) < 4.78 is 5.34. The van der Waals surface area contributed by atoms with Gasteiger partial charge < -0.3 is 25.4 Å². The highest BCUT2D eigenvalue weighted by atomic mass is 16.5. The number of likely N-dealkylation sites (tertiary alicyclic amines) is 1. The average molecular weight is 435 g/mol. The van der Waals surface area contributed by atoms with Crippen LogP contribution in [-0.4, -0.2) is 60.2 Å². The number of ether oxygens (including phenoxy) is 1. The number of amides is 1. The number of hydrogen-bond donors (Lipinski definition) is 3. The Bertz CT molecular complexity index is 1040. The lowest BCUT2D eigenvalue weighted by Gasteiger charge is -2.33. The van der Waals surface area contributed by atoms with Crippen molar-refractivity contribution in [2.45, 2.75) is 25.0 Å².